The zero-order valence-electron chi connectivity index (χ0n) is 27.7. The Balaban J connectivity index is 0. The molecule has 0 spiro atoms. The molecule has 4 aromatic rings. The van der Waals surface area contributed by atoms with E-state index in [2.05, 4.69) is 60.0 Å². The number of ether oxygens (including phenoxy) is 1. The first kappa shape index (κ1) is 45.5. The van der Waals surface area contributed by atoms with E-state index in [9.17, 15) is 14.4 Å². The second-order valence-corrected chi connectivity index (χ2v) is 12.2. The SMILES string of the molecule is C.C.C.CCC(CC)n1c(=O)[nH]c2ncc(N(C)C)nc21.CCC(CC)n1c(=O)n(C(=O)OC(C)(C)C)c2ncc(Br)nc21.CNC. The minimum absolute atomic E-state index is 0. The van der Waals surface area contributed by atoms with Crippen LogP contribution in [0.25, 0.3) is 22.6 Å². The highest BCUT2D eigenvalue weighted by atomic mass is 79.9. The number of H-pyrrole nitrogens is 1. The fourth-order valence-electron chi connectivity index (χ4n) is 4.51. The molecular weight excluding hydrogens is 668 g/mol. The molecule has 47 heavy (non-hydrogen) atoms. The standard InChI is InChI=1S/C15H21BrN4O3.C12H19N5O.C2H7N.3CH4/c1-6-9(7-2)19-12-11(17-8-10(16)18-12)20(13(19)21)14(22)23-15(3,4)5;1-5-8(6-2)17-11-10(15-12(17)18)13-7-9(14-11)16(3)4;1-3-2;;;/h8-9H,6-7H2,1-5H3;7-8H,5-6H2,1-4H3,(H,13,15,18);3H,1-2H3;3*1H4. The number of anilines is 1. The number of carbonyl (C=O) groups excluding carboxylic acids is 1. The van der Waals surface area contributed by atoms with Gasteiger partial charge in [0, 0.05) is 26.2 Å². The molecule has 4 heterocycles. The van der Waals surface area contributed by atoms with Crippen LogP contribution in [0.1, 0.15) is 109 Å². The molecule has 0 aromatic carbocycles. The van der Waals surface area contributed by atoms with Gasteiger partial charge in [0.15, 0.2) is 22.6 Å². The molecule has 0 amide bonds. The smallest absolute Gasteiger partial charge is 0.424 e. The van der Waals surface area contributed by atoms with Crippen molar-refractivity contribution < 1.29 is 9.53 Å². The van der Waals surface area contributed by atoms with Crippen LogP contribution in [-0.4, -0.2) is 78.5 Å². The summed E-state index contributed by atoms with van der Waals surface area (Å²) in [5.74, 6) is 0.751. The van der Waals surface area contributed by atoms with Crippen molar-refractivity contribution in [3.63, 3.8) is 0 Å². The van der Waals surface area contributed by atoms with E-state index in [1.807, 2.05) is 46.9 Å². The molecule has 2 N–H and O–H groups in total. The van der Waals surface area contributed by atoms with Crippen molar-refractivity contribution in [1.29, 1.82) is 0 Å². The van der Waals surface area contributed by atoms with Crippen molar-refractivity contribution in [2.75, 3.05) is 33.1 Å². The van der Waals surface area contributed by atoms with Crippen molar-refractivity contribution >= 4 is 50.4 Å². The Morgan fingerprint density at radius 2 is 1.40 bits per heavy atom. The molecular formula is C32H59BrN10O4. The fourth-order valence-corrected chi connectivity index (χ4v) is 4.78. The van der Waals surface area contributed by atoms with Gasteiger partial charge in [0.2, 0.25) is 0 Å². The summed E-state index contributed by atoms with van der Waals surface area (Å²) in [7, 11) is 7.56. The highest BCUT2D eigenvalue weighted by Gasteiger charge is 2.27. The van der Waals surface area contributed by atoms with E-state index in [0.29, 0.717) is 21.5 Å². The highest BCUT2D eigenvalue weighted by Crippen LogP contribution is 2.22. The molecule has 4 aromatic heterocycles. The topological polar surface area (TPSA) is 158 Å². The first-order valence-electron chi connectivity index (χ1n) is 14.8. The Morgan fingerprint density at radius 3 is 1.87 bits per heavy atom. The number of aromatic amines is 1. The second-order valence-electron chi connectivity index (χ2n) is 11.3. The average Bonchev–Trinajstić information content (AvgIpc) is 3.42. The summed E-state index contributed by atoms with van der Waals surface area (Å²) in [6, 6.07) is 0.107. The van der Waals surface area contributed by atoms with Gasteiger partial charge in [0.05, 0.1) is 12.4 Å². The summed E-state index contributed by atoms with van der Waals surface area (Å²) in [6.07, 6.45) is 5.67. The lowest BCUT2D eigenvalue weighted by Crippen LogP contribution is -2.35. The normalized spacial score (nSPS) is 10.7. The van der Waals surface area contributed by atoms with Gasteiger partial charge in [0.25, 0.3) is 0 Å². The maximum Gasteiger partial charge on any atom is 0.424 e. The summed E-state index contributed by atoms with van der Waals surface area (Å²) >= 11 is 3.26. The van der Waals surface area contributed by atoms with Gasteiger partial charge in [-0.1, -0.05) is 50.0 Å². The van der Waals surface area contributed by atoms with Gasteiger partial charge >= 0.3 is 17.5 Å². The van der Waals surface area contributed by atoms with Gasteiger partial charge in [-0.15, -0.1) is 0 Å². The van der Waals surface area contributed by atoms with E-state index < -0.39 is 17.4 Å². The Morgan fingerprint density at radius 1 is 0.894 bits per heavy atom. The molecule has 0 unspecified atom stereocenters. The van der Waals surface area contributed by atoms with Crippen LogP contribution in [0.15, 0.2) is 26.6 Å². The quantitative estimate of drug-likeness (QED) is 0.208. The van der Waals surface area contributed by atoms with Crippen LogP contribution in [0, 0.1) is 0 Å². The van der Waals surface area contributed by atoms with E-state index in [1.165, 1.54) is 10.8 Å². The lowest BCUT2D eigenvalue weighted by atomic mass is 10.2. The van der Waals surface area contributed by atoms with Crippen molar-refractivity contribution in [3.8, 4) is 0 Å². The third kappa shape index (κ3) is 11.0. The summed E-state index contributed by atoms with van der Waals surface area (Å²) in [4.78, 5) is 59.2. The number of hydrogen-bond donors (Lipinski definition) is 2. The fraction of sp³-hybridized carbons (Fsp3) is 0.656. The monoisotopic (exact) mass is 726 g/mol. The number of nitrogens with one attached hydrogen (secondary N) is 2. The molecule has 0 aliphatic rings. The third-order valence-electron chi connectivity index (χ3n) is 6.61. The summed E-state index contributed by atoms with van der Waals surface area (Å²) in [5.41, 5.74) is 0.471. The van der Waals surface area contributed by atoms with Gasteiger partial charge in [-0.2, -0.15) is 4.57 Å². The molecule has 0 aliphatic carbocycles. The largest absolute Gasteiger partial charge is 0.443 e. The first-order valence-corrected chi connectivity index (χ1v) is 15.6. The van der Waals surface area contributed by atoms with Gasteiger partial charge in [-0.25, -0.2) is 34.3 Å². The number of fused-ring (bicyclic) bond motifs is 2. The molecule has 14 nitrogen and oxygen atoms in total. The van der Waals surface area contributed by atoms with Crippen molar-refractivity contribution in [1.82, 2.24) is 43.9 Å². The van der Waals surface area contributed by atoms with Crippen molar-refractivity contribution in [2.45, 2.75) is 114 Å². The number of carbonyl (C=O) groups is 1. The predicted octanol–water partition coefficient (Wildman–Crippen LogP) is 6.79. The van der Waals surface area contributed by atoms with Gasteiger partial charge in [0.1, 0.15) is 16.0 Å². The molecule has 0 saturated carbocycles. The average molecular weight is 728 g/mol. The van der Waals surface area contributed by atoms with E-state index >= 15 is 0 Å². The van der Waals surface area contributed by atoms with Gasteiger partial charge < -0.3 is 15.0 Å². The molecule has 0 aliphatic heterocycles. The minimum Gasteiger partial charge on any atom is -0.443 e. The molecule has 0 radical (unpaired) electrons. The van der Waals surface area contributed by atoms with E-state index in [1.54, 1.807) is 31.5 Å². The Kier molecular flexibility index (Phi) is 19.3. The number of rotatable bonds is 7. The molecule has 0 bridgehead atoms. The molecule has 15 heteroatoms. The number of hydrogen-bond acceptors (Lipinski definition) is 10. The molecule has 0 fully saturated rings. The number of imidazole rings is 2. The lowest BCUT2D eigenvalue weighted by molar-refractivity contribution is 0.0535. The molecule has 0 atom stereocenters. The third-order valence-corrected chi connectivity index (χ3v) is 6.99. The number of halogens is 1. The van der Waals surface area contributed by atoms with Crippen LogP contribution >= 0.6 is 15.9 Å². The molecule has 4 rings (SSSR count). The first-order chi connectivity index (χ1) is 20.7. The van der Waals surface area contributed by atoms with Crippen molar-refractivity contribution in [2.24, 2.45) is 0 Å². The Labute approximate surface area is 288 Å². The van der Waals surface area contributed by atoms with Gasteiger partial charge in [-0.3, -0.25) is 14.1 Å². The Hall–Kier alpha value is -3.59. The van der Waals surface area contributed by atoms with Crippen LogP contribution in [0.4, 0.5) is 10.6 Å². The number of aromatic nitrogens is 8. The zero-order chi connectivity index (χ0) is 33.4. The van der Waals surface area contributed by atoms with Crippen LogP contribution < -0.4 is 21.6 Å². The van der Waals surface area contributed by atoms with E-state index in [0.717, 1.165) is 36.1 Å². The van der Waals surface area contributed by atoms with Gasteiger partial charge in [-0.05, 0) is 76.5 Å². The van der Waals surface area contributed by atoms with E-state index in [-0.39, 0.29) is 45.7 Å². The van der Waals surface area contributed by atoms with Crippen LogP contribution in [-0.2, 0) is 4.74 Å². The number of nitrogens with zero attached hydrogens (tertiary/aromatic N) is 8. The molecule has 268 valence electrons. The van der Waals surface area contributed by atoms with E-state index in [4.69, 9.17) is 4.74 Å². The Bertz CT molecular complexity index is 1640. The van der Waals surface area contributed by atoms with Crippen molar-refractivity contribution in [3.05, 3.63) is 38.0 Å². The second kappa shape index (κ2) is 19.9. The summed E-state index contributed by atoms with van der Waals surface area (Å²) < 4.78 is 10.0. The minimum atomic E-state index is -0.742. The summed E-state index contributed by atoms with van der Waals surface area (Å²) in [5, 5.41) is 2.75. The highest BCUT2D eigenvalue weighted by molar-refractivity contribution is 9.10. The van der Waals surface area contributed by atoms with Crippen LogP contribution in [0.5, 0.6) is 0 Å². The maximum absolute atomic E-state index is 12.8. The lowest BCUT2D eigenvalue weighted by Gasteiger charge is -2.19. The predicted molar refractivity (Wildman–Crippen MR) is 198 cm³/mol. The maximum atomic E-state index is 12.8. The zero-order valence-corrected chi connectivity index (χ0v) is 29.3. The molecule has 0 saturated heterocycles. The van der Waals surface area contributed by atoms with Crippen LogP contribution in [0.3, 0.4) is 0 Å². The van der Waals surface area contributed by atoms with Crippen LogP contribution in [0.2, 0.25) is 0 Å². The summed E-state index contributed by atoms with van der Waals surface area (Å²) in [6.45, 7) is 13.4.